The van der Waals surface area contributed by atoms with Crippen LogP contribution < -0.4 is 5.73 Å². The van der Waals surface area contributed by atoms with Crippen LogP contribution in [-0.2, 0) is 0 Å². The first-order valence-electron chi connectivity index (χ1n) is 5.60. The molecule has 1 unspecified atom stereocenters. The molecule has 0 aliphatic heterocycles. The van der Waals surface area contributed by atoms with E-state index in [0.717, 1.165) is 5.69 Å². The summed E-state index contributed by atoms with van der Waals surface area (Å²) in [4.78, 5) is 6.34. The van der Waals surface area contributed by atoms with Crippen LogP contribution in [0.1, 0.15) is 17.2 Å². The predicted molar refractivity (Wildman–Crippen MR) is 70.6 cm³/mol. The van der Waals surface area contributed by atoms with E-state index < -0.39 is 0 Å². The fourth-order valence-corrected chi connectivity index (χ4v) is 2.06. The Labute approximate surface area is 102 Å². The van der Waals surface area contributed by atoms with Crippen LogP contribution in [0.4, 0.5) is 5.69 Å². The number of aromatic nitrogens is 1. The summed E-state index contributed by atoms with van der Waals surface area (Å²) in [6.07, 6.45) is 3.68. The van der Waals surface area contributed by atoms with Gasteiger partial charge in [0.1, 0.15) is 0 Å². The van der Waals surface area contributed by atoms with Crippen molar-refractivity contribution < 1.29 is 0 Å². The summed E-state index contributed by atoms with van der Waals surface area (Å²) < 4.78 is 0. The fourth-order valence-electron chi connectivity index (χ4n) is 2.06. The van der Waals surface area contributed by atoms with Gasteiger partial charge in [0.25, 0.3) is 0 Å². The van der Waals surface area contributed by atoms with Gasteiger partial charge < -0.3 is 5.73 Å². The molecular formula is C14H17N3. The first kappa shape index (κ1) is 11.6. The molecule has 1 aromatic heterocycles. The van der Waals surface area contributed by atoms with Crippen molar-refractivity contribution in [2.24, 2.45) is 0 Å². The topological polar surface area (TPSA) is 42.2 Å². The highest BCUT2D eigenvalue weighted by molar-refractivity contribution is 5.43. The lowest BCUT2D eigenvalue weighted by molar-refractivity contribution is 0.342. The molecule has 0 saturated carbocycles. The van der Waals surface area contributed by atoms with Crippen molar-refractivity contribution in [1.82, 2.24) is 9.88 Å². The van der Waals surface area contributed by atoms with Gasteiger partial charge in [-0.3, -0.25) is 9.88 Å². The van der Waals surface area contributed by atoms with Gasteiger partial charge in [-0.1, -0.05) is 18.2 Å². The first-order valence-corrected chi connectivity index (χ1v) is 5.60. The van der Waals surface area contributed by atoms with Crippen LogP contribution in [0.15, 0.2) is 48.8 Å². The van der Waals surface area contributed by atoms with Crippen LogP contribution in [-0.4, -0.2) is 24.0 Å². The van der Waals surface area contributed by atoms with Crippen molar-refractivity contribution in [3.05, 3.63) is 59.9 Å². The van der Waals surface area contributed by atoms with E-state index in [-0.39, 0.29) is 6.04 Å². The summed E-state index contributed by atoms with van der Waals surface area (Å²) in [7, 11) is 4.11. The lowest BCUT2D eigenvalue weighted by Crippen LogP contribution is -2.21. The summed E-state index contributed by atoms with van der Waals surface area (Å²) >= 11 is 0. The molecule has 1 heterocycles. The van der Waals surface area contributed by atoms with Gasteiger partial charge in [-0.15, -0.1) is 0 Å². The maximum absolute atomic E-state index is 5.84. The Hall–Kier alpha value is -1.87. The highest BCUT2D eigenvalue weighted by Crippen LogP contribution is 2.26. The minimum Gasteiger partial charge on any atom is -0.399 e. The van der Waals surface area contributed by atoms with Gasteiger partial charge in [0.15, 0.2) is 0 Å². The van der Waals surface area contributed by atoms with Crippen LogP contribution >= 0.6 is 0 Å². The molecule has 0 bridgehead atoms. The summed E-state index contributed by atoms with van der Waals surface area (Å²) in [5.74, 6) is 0. The van der Waals surface area contributed by atoms with Crippen molar-refractivity contribution in [3.63, 3.8) is 0 Å². The zero-order valence-corrected chi connectivity index (χ0v) is 10.2. The molecule has 0 spiro atoms. The highest BCUT2D eigenvalue weighted by Gasteiger charge is 2.16. The number of rotatable bonds is 3. The molecule has 0 fully saturated rings. The monoisotopic (exact) mass is 227 g/mol. The number of anilines is 1. The van der Waals surface area contributed by atoms with Crippen LogP contribution in [0.2, 0.25) is 0 Å². The predicted octanol–water partition coefficient (Wildman–Crippen LogP) is 2.31. The number of pyridine rings is 1. The quantitative estimate of drug-likeness (QED) is 0.818. The average molecular weight is 227 g/mol. The van der Waals surface area contributed by atoms with Crippen LogP contribution in [0.25, 0.3) is 0 Å². The second-order valence-electron chi connectivity index (χ2n) is 4.32. The molecule has 1 atom stereocenters. The number of hydrogen-bond donors (Lipinski definition) is 1. The van der Waals surface area contributed by atoms with Gasteiger partial charge >= 0.3 is 0 Å². The third kappa shape index (κ3) is 2.63. The Bertz CT molecular complexity index is 480. The standard InChI is InChI=1S/C14H17N3/c1-17(2)14(12-6-4-8-16-10-12)11-5-3-7-13(15)9-11/h3-10,14H,15H2,1-2H3. The molecule has 2 rings (SSSR count). The number of nitrogens with zero attached hydrogens (tertiary/aromatic N) is 2. The van der Waals surface area contributed by atoms with Crippen LogP contribution in [0, 0.1) is 0 Å². The third-order valence-electron chi connectivity index (χ3n) is 2.74. The van der Waals surface area contributed by atoms with E-state index in [2.05, 4.69) is 36.1 Å². The molecule has 3 nitrogen and oxygen atoms in total. The maximum atomic E-state index is 5.84. The summed E-state index contributed by atoms with van der Waals surface area (Å²) in [6, 6.07) is 12.2. The first-order chi connectivity index (χ1) is 8.18. The zero-order valence-electron chi connectivity index (χ0n) is 10.2. The van der Waals surface area contributed by atoms with Crippen molar-refractivity contribution in [3.8, 4) is 0 Å². The Morgan fingerprint density at radius 1 is 1.12 bits per heavy atom. The van der Waals surface area contributed by atoms with E-state index >= 15 is 0 Å². The number of nitrogens with two attached hydrogens (primary N) is 1. The second-order valence-corrected chi connectivity index (χ2v) is 4.32. The molecule has 0 radical (unpaired) electrons. The maximum Gasteiger partial charge on any atom is 0.0612 e. The zero-order chi connectivity index (χ0) is 12.3. The second kappa shape index (κ2) is 4.97. The molecule has 0 saturated heterocycles. The molecule has 17 heavy (non-hydrogen) atoms. The number of benzene rings is 1. The molecule has 0 aliphatic carbocycles. The van der Waals surface area contributed by atoms with Gasteiger partial charge in [0.2, 0.25) is 0 Å². The van der Waals surface area contributed by atoms with Gasteiger partial charge in [-0.25, -0.2) is 0 Å². The summed E-state index contributed by atoms with van der Waals surface area (Å²) in [6.45, 7) is 0. The van der Waals surface area contributed by atoms with Crippen LogP contribution in [0.3, 0.4) is 0 Å². The van der Waals surface area contributed by atoms with E-state index in [9.17, 15) is 0 Å². The smallest absolute Gasteiger partial charge is 0.0612 e. The van der Waals surface area contributed by atoms with Crippen LogP contribution in [0.5, 0.6) is 0 Å². The Balaban J connectivity index is 2.43. The van der Waals surface area contributed by atoms with Gasteiger partial charge in [0, 0.05) is 18.1 Å². The van der Waals surface area contributed by atoms with Crippen molar-refractivity contribution in [2.75, 3.05) is 19.8 Å². The minimum atomic E-state index is 0.187. The Morgan fingerprint density at radius 2 is 1.88 bits per heavy atom. The molecule has 2 aromatic rings. The largest absolute Gasteiger partial charge is 0.399 e. The molecule has 1 aromatic carbocycles. The van der Waals surface area contributed by atoms with E-state index in [1.165, 1.54) is 11.1 Å². The Kier molecular flexibility index (Phi) is 3.40. The van der Waals surface area contributed by atoms with E-state index in [0.29, 0.717) is 0 Å². The lowest BCUT2D eigenvalue weighted by atomic mass is 9.99. The third-order valence-corrected chi connectivity index (χ3v) is 2.74. The normalized spacial score (nSPS) is 12.6. The molecular weight excluding hydrogens is 210 g/mol. The SMILES string of the molecule is CN(C)C(c1cccnc1)c1cccc(N)c1. The van der Waals surface area contributed by atoms with E-state index in [1.807, 2.05) is 30.5 Å². The van der Waals surface area contributed by atoms with E-state index in [1.54, 1.807) is 6.20 Å². The number of hydrogen-bond acceptors (Lipinski definition) is 3. The molecule has 0 aliphatic rings. The number of nitrogen functional groups attached to an aromatic ring is 1. The fraction of sp³-hybridized carbons (Fsp3) is 0.214. The highest BCUT2D eigenvalue weighted by atomic mass is 15.1. The molecule has 3 heteroatoms. The van der Waals surface area contributed by atoms with Crippen molar-refractivity contribution >= 4 is 5.69 Å². The average Bonchev–Trinajstić information content (AvgIpc) is 2.30. The van der Waals surface area contributed by atoms with Crippen molar-refractivity contribution in [1.29, 1.82) is 0 Å². The lowest BCUT2D eigenvalue weighted by Gasteiger charge is -2.25. The minimum absolute atomic E-state index is 0.187. The van der Waals surface area contributed by atoms with E-state index in [4.69, 9.17) is 5.73 Å². The van der Waals surface area contributed by atoms with Gasteiger partial charge in [-0.2, -0.15) is 0 Å². The molecule has 88 valence electrons. The molecule has 2 N–H and O–H groups in total. The summed E-state index contributed by atoms with van der Waals surface area (Å²) in [5.41, 5.74) is 8.98. The van der Waals surface area contributed by atoms with Gasteiger partial charge in [-0.05, 0) is 43.4 Å². The van der Waals surface area contributed by atoms with Gasteiger partial charge in [0.05, 0.1) is 6.04 Å². The van der Waals surface area contributed by atoms with Crippen molar-refractivity contribution in [2.45, 2.75) is 6.04 Å². The summed E-state index contributed by atoms with van der Waals surface area (Å²) in [5, 5.41) is 0. The Morgan fingerprint density at radius 3 is 2.47 bits per heavy atom. The molecule has 0 amide bonds.